The molecule has 28 heavy (non-hydrogen) atoms. The van der Waals surface area contributed by atoms with Crippen molar-refractivity contribution < 1.29 is 22.7 Å². The number of rotatable bonds is 6. The van der Waals surface area contributed by atoms with Gasteiger partial charge >= 0.3 is 6.18 Å². The summed E-state index contributed by atoms with van der Waals surface area (Å²) in [5.41, 5.74) is -0.343. The summed E-state index contributed by atoms with van der Waals surface area (Å²) in [5.74, 6) is 0.0691. The molecule has 0 unspecified atom stereocenters. The SMILES string of the molecule is CCOc1ccccc1NC(=O)CSc1nnc2c(Cl)cc(C(F)(F)F)cn12. The molecule has 2 heterocycles. The zero-order chi connectivity index (χ0) is 20.3. The van der Waals surface area contributed by atoms with Crippen molar-refractivity contribution in [1.29, 1.82) is 0 Å². The number of nitrogens with one attached hydrogen (secondary N) is 1. The molecule has 0 aliphatic heterocycles. The number of carbonyl (C=O) groups is 1. The quantitative estimate of drug-likeness (QED) is 0.582. The monoisotopic (exact) mass is 430 g/mol. The van der Waals surface area contributed by atoms with Crippen molar-refractivity contribution in [3.63, 3.8) is 0 Å². The van der Waals surface area contributed by atoms with Crippen molar-refractivity contribution in [3.8, 4) is 5.75 Å². The second-order valence-electron chi connectivity index (χ2n) is 5.52. The predicted molar refractivity (Wildman–Crippen MR) is 100.0 cm³/mol. The number of benzene rings is 1. The van der Waals surface area contributed by atoms with Crippen LogP contribution in [0.2, 0.25) is 5.02 Å². The van der Waals surface area contributed by atoms with Crippen LogP contribution in [0.25, 0.3) is 5.65 Å². The third-order valence-corrected chi connectivity index (χ3v) is 4.77. The topological polar surface area (TPSA) is 68.5 Å². The molecule has 1 aromatic carbocycles. The first kappa shape index (κ1) is 20.3. The predicted octanol–water partition coefficient (Wildman–Crippen LogP) is 4.53. The van der Waals surface area contributed by atoms with Gasteiger partial charge in [-0.15, -0.1) is 10.2 Å². The van der Waals surface area contributed by atoms with E-state index in [0.717, 1.165) is 28.4 Å². The Kier molecular flexibility index (Phi) is 5.99. The van der Waals surface area contributed by atoms with Crippen LogP contribution in [0.1, 0.15) is 12.5 Å². The largest absolute Gasteiger partial charge is 0.492 e. The number of amides is 1. The van der Waals surface area contributed by atoms with E-state index < -0.39 is 11.7 Å². The molecule has 0 radical (unpaired) electrons. The highest BCUT2D eigenvalue weighted by Crippen LogP contribution is 2.33. The Morgan fingerprint density at radius 1 is 1.32 bits per heavy atom. The van der Waals surface area contributed by atoms with Crippen molar-refractivity contribution >= 4 is 40.6 Å². The van der Waals surface area contributed by atoms with Gasteiger partial charge in [0.2, 0.25) is 5.91 Å². The molecule has 0 atom stereocenters. The fraction of sp³-hybridized carbons (Fsp3) is 0.235. The highest BCUT2D eigenvalue weighted by molar-refractivity contribution is 7.99. The van der Waals surface area contributed by atoms with Gasteiger partial charge in [-0.1, -0.05) is 35.5 Å². The normalized spacial score (nSPS) is 11.6. The van der Waals surface area contributed by atoms with E-state index in [1.807, 2.05) is 6.92 Å². The Balaban J connectivity index is 1.75. The molecule has 2 aromatic heterocycles. The number of ether oxygens (including phenoxy) is 1. The number of nitrogens with zero attached hydrogens (tertiary/aromatic N) is 3. The number of halogens is 4. The maximum atomic E-state index is 13.0. The minimum absolute atomic E-state index is 0.0827. The van der Waals surface area contributed by atoms with E-state index in [2.05, 4.69) is 15.5 Å². The molecule has 0 bridgehead atoms. The van der Waals surface area contributed by atoms with Crippen molar-refractivity contribution in [2.45, 2.75) is 18.3 Å². The number of hydrogen-bond donors (Lipinski definition) is 1. The van der Waals surface area contributed by atoms with Crippen LogP contribution in [0, 0.1) is 0 Å². The first-order valence-corrected chi connectivity index (χ1v) is 9.42. The summed E-state index contributed by atoms with van der Waals surface area (Å²) < 4.78 is 45.5. The van der Waals surface area contributed by atoms with E-state index in [4.69, 9.17) is 16.3 Å². The summed E-state index contributed by atoms with van der Waals surface area (Å²) in [6.45, 7) is 2.26. The minimum atomic E-state index is -4.57. The van der Waals surface area contributed by atoms with Gasteiger partial charge in [0.1, 0.15) is 5.75 Å². The van der Waals surface area contributed by atoms with E-state index in [9.17, 15) is 18.0 Å². The van der Waals surface area contributed by atoms with Gasteiger partial charge in [0.05, 0.1) is 28.6 Å². The molecule has 1 amide bonds. The average molecular weight is 431 g/mol. The lowest BCUT2D eigenvalue weighted by Crippen LogP contribution is -2.15. The Morgan fingerprint density at radius 2 is 2.07 bits per heavy atom. The van der Waals surface area contributed by atoms with E-state index >= 15 is 0 Å². The number of para-hydroxylation sites is 2. The second-order valence-corrected chi connectivity index (χ2v) is 6.87. The van der Waals surface area contributed by atoms with E-state index in [0.29, 0.717) is 18.0 Å². The molecule has 0 saturated heterocycles. The lowest BCUT2D eigenvalue weighted by molar-refractivity contribution is -0.137. The van der Waals surface area contributed by atoms with Crippen LogP contribution >= 0.6 is 23.4 Å². The molecule has 0 aliphatic carbocycles. The van der Waals surface area contributed by atoms with Gasteiger partial charge in [-0.3, -0.25) is 9.20 Å². The Hall–Kier alpha value is -2.46. The first-order chi connectivity index (χ1) is 13.3. The number of alkyl halides is 3. The summed E-state index contributed by atoms with van der Waals surface area (Å²) in [4.78, 5) is 12.2. The van der Waals surface area contributed by atoms with Crippen LogP contribution in [-0.2, 0) is 11.0 Å². The summed E-state index contributed by atoms with van der Waals surface area (Å²) >= 11 is 6.81. The maximum Gasteiger partial charge on any atom is 0.417 e. The lowest BCUT2D eigenvalue weighted by Gasteiger charge is -2.11. The number of anilines is 1. The van der Waals surface area contributed by atoms with Crippen LogP contribution in [-0.4, -0.2) is 32.9 Å². The average Bonchev–Trinajstić information content (AvgIpc) is 3.05. The van der Waals surface area contributed by atoms with E-state index in [1.54, 1.807) is 24.3 Å². The third kappa shape index (κ3) is 4.50. The number of hydrogen-bond acceptors (Lipinski definition) is 5. The van der Waals surface area contributed by atoms with E-state index in [-0.39, 0.29) is 27.5 Å². The van der Waals surface area contributed by atoms with Crippen molar-refractivity contribution in [2.24, 2.45) is 0 Å². The van der Waals surface area contributed by atoms with Gasteiger partial charge in [0.15, 0.2) is 10.8 Å². The third-order valence-electron chi connectivity index (χ3n) is 3.55. The molecule has 6 nitrogen and oxygen atoms in total. The molecule has 3 rings (SSSR count). The molecule has 3 aromatic rings. The van der Waals surface area contributed by atoms with Crippen LogP contribution in [0.15, 0.2) is 41.7 Å². The van der Waals surface area contributed by atoms with Gasteiger partial charge in [-0.05, 0) is 25.1 Å². The van der Waals surface area contributed by atoms with Gasteiger partial charge in [-0.25, -0.2) is 0 Å². The van der Waals surface area contributed by atoms with Crippen molar-refractivity contribution in [3.05, 3.63) is 47.1 Å². The molecular formula is C17H14ClF3N4O2S. The smallest absolute Gasteiger partial charge is 0.417 e. The fourth-order valence-electron chi connectivity index (χ4n) is 2.35. The summed E-state index contributed by atoms with van der Waals surface area (Å²) in [5, 5.41) is 10.3. The molecule has 1 N–H and O–H groups in total. The zero-order valence-electron chi connectivity index (χ0n) is 14.5. The number of aromatic nitrogens is 3. The van der Waals surface area contributed by atoms with Crippen LogP contribution in [0.3, 0.4) is 0 Å². The molecular weight excluding hydrogens is 417 g/mol. The van der Waals surface area contributed by atoms with E-state index in [1.165, 1.54) is 0 Å². The lowest BCUT2D eigenvalue weighted by atomic mass is 10.3. The molecule has 0 saturated carbocycles. The highest BCUT2D eigenvalue weighted by atomic mass is 35.5. The number of carbonyl (C=O) groups excluding carboxylic acids is 1. The first-order valence-electron chi connectivity index (χ1n) is 8.05. The molecule has 0 fully saturated rings. The van der Waals surface area contributed by atoms with Gasteiger partial charge < -0.3 is 10.1 Å². The number of thioether (sulfide) groups is 1. The molecule has 11 heteroatoms. The van der Waals surface area contributed by atoms with Crippen LogP contribution in [0.5, 0.6) is 5.75 Å². The Morgan fingerprint density at radius 3 is 2.79 bits per heavy atom. The van der Waals surface area contributed by atoms with Gasteiger partial charge in [-0.2, -0.15) is 13.2 Å². The van der Waals surface area contributed by atoms with Gasteiger partial charge in [0.25, 0.3) is 0 Å². The molecule has 0 spiro atoms. The summed E-state index contributed by atoms with van der Waals surface area (Å²) in [6, 6.07) is 7.73. The van der Waals surface area contributed by atoms with Crippen LogP contribution < -0.4 is 10.1 Å². The molecule has 148 valence electrons. The van der Waals surface area contributed by atoms with Crippen molar-refractivity contribution in [2.75, 3.05) is 17.7 Å². The maximum absolute atomic E-state index is 13.0. The van der Waals surface area contributed by atoms with Crippen molar-refractivity contribution in [1.82, 2.24) is 14.6 Å². The fourth-order valence-corrected chi connectivity index (χ4v) is 3.31. The Labute approximate surface area is 167 Å². The van der Waals surface area contributed by atoms with Crippen LogP contribution in [0.4, 0.5) is 18.9 Å². The Bertz CT molecular complexity index is 1010. The molecule has 0 aliphatic rings. The highest BCUT2D eigenvalue weighted by Gasteiger charge is 2.32. The summed E-state index contributed by atoms with van der Waals surface area (Å²) in [6.07, 6.45) is -3.71. The number of fused-ring (bicyclic) bond motifs is 1. The summed E-state index contributed by atoms with van der Waals surface area (Å²) in [7, 11) is 0. The minimum Gasteiger partial charge on any atom is -0.492 e. The second kappa shape index (κ2) is 8.27. The van der Waals surface area contributed by atoms with Gasteiger partial charge in [0, 0.05) is 6.20 Å². The number of pyridine rings is 1. The standard InChI is InChI=1S/C17H14ClF3N4O2S/c1-2-27-13-6-4-3-5-12(13)22-14(26)9-28-16-24-23-15-11(18)7-10(8-25(15)16)17(19,20)21/h3-8H,2,9H2,1H3,(H,22,26). The zero-order valence-corrected chi connectivity index (χ0v) is 16.0.